The number of hydrogen-bond acceptors (Lipinski definition) is 5. The third-order valence-corrected chi connectivity index (χ3v) is 2.71. The van der Waals surface area contributed by atoms with Crippen molar-refractivity contribution in [1.29, 1.82) is 0 Å². The lowest BCUT2D eigenvalue weighted by Crippen LogP contribution is -2.35. The molecule has 0 aliphatic carbocycles. The summed E-state index contributed by atoms with van der Waals surface area (Å²) < 4.78 is 5.20. The molecule has 2 heterocycles. The molecule has 2 aromatic heterocycles. The summed E-state index contributed by atoms with van der Waals surface area (Å²) in [4.78, 5) is 12.9. The maximum Gasteiger partial charge on any atom is 0.178 e. The standard InChI is InChI=1S/C13H18N4O/c1-3-14-11(9-18-2)8-10-4-5-12-13(17-10)16-7-6-15-12/h4-7,11,14H,3,8-9H2,1-2H3. The molecule has 1 unspecified atom stereocenters. The van der Waals surface area contributed by atoms with Crippen molar-refractivity contribution >= 4 is 11.2 Å². The van der Waals surface area contributed by atoms with E-state index in [-0.39, 0.29) is 6.04 Å². The predicted molar refractivity (Wildman–Crippen MR) is 70.4 cm³/mol. The first kappa shape index (κ1) is 12.9. The minimum atomic E-state index is 0.279. The fourth-order valence-electron chi connectivity index (χ4n) is 1.94. The van der Waals surface area contributed by atoms with Gasteiger partial charge in [-0.05, 0) is 18.7 Å². The summed E-state index contributed by atoms with van der Waals surface area (Å²) in [6.07, 6.45) is 4.17. The number of pyridine rings is 1. The molecule has 1 atom stereocenters. The number of methoxy groups -OCH3 is 1. The molecule has 0 spiro atoms. The van der Waals surface area contributed by atoms with Gasteiger partial charge in [-0.25, -0.2) is 9.97 Å². The van der Waals surface area contributed by atoms with Crippen molar-refractivity contribution < 1.29 is 4.74 Å². The highest BCUT2D eigenvalue weighted by atomic mass is 16.5. The molecule has 0 aliphatic heterocycles. The molecule has 5 nitrogen and oxygen atoms in total. The molecule has 2 aromatic rings. The highest BCUT2D eigenvalue weighted by Gasteiger charge is 2.09. The molecule has 0 aromatic carbocycles. The Bertz CT molecular complexity index is 497. The second kappa shape index (κ2) is 6.37. The second-order valence-electron chi connectivity index (χ2n) is 4.12. The minimum Gasteiger partial charge on any atom is -0.383 e. The lowest BCUT2D eigenvalue weighted by atomic mass is 10.1. The van der Waals surface area contributed by atoms with Gasteiger partial charge in [-0.1, -0.05) is 6.92 Å². The van der Waals surface area contributed by atoms with Crippen LogP contribution in [0.5, 0.6) is 0 Å². The van der Waals surface area contributed by atoms with Crippen LogP contribution in [-0.4, -0.2) is 41.3 Å². The molecule has 1 N–H and O–H groups in total. The van der Waals surface area contributed by atoms with E-state index < -0.39 is 0 Å². The quantitative estimate of drug-likeness (QED) is 0.829. The summed E-state index contributed by atoms with van der Waals surface area (Å²) in [5, 5.41) is 3.38. The fraction of sp³-hybridized carbons (Fsp3) is 0.462. The van der Waals surface area contributed by atoms with Gasteiger partial charge < -0.3 is 10.1 Å². The van der Waals surface area contributed by atoms with Gasteiger partial charge in [0.15, 0.2) is 5.65 Å². The van der Waals surface area contributed by atoms with E-state index >= 15 is 0 Å². The summed E-state index contributed by atoms with van der Waals surface area (Å²) in [6.45, 7) is 3.68. The van der Waals surface area contributed by atoms with E-state index in [4.69, 9.17) is 4.74 Å². The Labute approximate surface area is 107 Å². The topological polar surface area (TPSA) is 59.9 Å². The van der Waals surface area contributed by atoms with Gasteiger partial charge in [-0.3, -0.25) is 4.98 Å². The summed E-state index contributed by atoms with van der Waals surface area (Å²) in [5.74, 6) is 0. The zero-order chi connectivity index (χ0) is 12.8. The van der Waals surface area contributed by atoms with Crippen molar-refractivity contribution in [3.63, 3.8) is 0 Å². The van der Waals surface area contributed by atoms with E-state index in [2.05, 4.69) is 27.2 Å². The molecular formula is C13H18N4O. The highest BCUT2D eigenvalue weighted by Crippen LogP contribution is 2.08. The van der Waals surface area contributed by atoms with Crippen LogP contribution in [0.25, 0.3) is 11.2 Å². The maximum atomic E-state index is 5.20. The summed E-state index contributed by atoms with van der Waals surface area (Å²) >= 11 is 0. The number of nitrogens with one attached hydrogen (secondary N) is 1. The zero-order valence-electron chi connectivity index (χ0n) is 10.8. The van der Waals surface area contributed by atoms with Gasteiger partial charge in [0.1, 0.15) is 5.52 Å². The molecule has 0 aliphatic rings. The van der Waals surface area contributed by atoms with Crippen molar-refractivity contribution in [1.82, 2.24) is 20.3 Å². The molecule has 0 amide bonds. The summed E-state index contributed by atoms with van der Waals surface area (Å²) in [5.41, 5.74) is 2.53. The maximum absolute atomic E-state index is 5.20. The minimum absolute atomic E-state index is 0.279. The van der Waals surface area contributed by atoms with Crippen molar-refractivity contribution in [2.75, 3.05) is 20.3 Å². The van der Waals surface area contributed by atoms with E-state index in [0.717, 1.165) is 24.2 Å². The smallest absolute Gasteiger partial charge is 0.178 e. The zero-order valence-corrected chi connectivity index (χ0v) is 10.8. The third kappa shape index (κ3) is 3.21. The number of nitrogens with zero attached hydrogens (tertiary/aromatic N) is 3. The highest BCUT2D eigenvalue weighted by molar-refractivity contribution is 5.68. The van der Waals surface area contributed by atoms with Gasteiger partial charge in [0.2, 0.25) is 0 Å². The summed E-state index contributed by atoms with van der Waals surface area (Å²) in [7, 11) is 1.71. The second-order valence-corrected chi connectivity index (χ2v) is 4.12. The van der Waals surface area contributed by atoms with Crippen molar-refractivity contribution in [2.45, 2.75) is 19.4 Å². The van der Waals surface area contributed by atoms with E-state index in [1.165, 1.54) is 0 Å². The van der Waals surface area contributed by atoms with Crippen LogP contribution in [0.3, 0.4) is 0 Å². The molecule has 0 radical (unpaired) electrons. The third-order valence-electron chi connectivity index (χ3n) is 2.71. The van der Waals surface area contributed by atoms with Crippen LogP contribution in [0.1, 0.15) is 12.6 Å². The largest absolute Gasteiger partial charge is 0.383 e. The molecule has 18 heavy (non-hydrogen) atoms. The molecule has 0 saturated heterocycles. The van der Waals surface area contributed by atoms with E-state index in [9.17, 15) is 0 Å². The first-order valence-corrected chi connectivity index (χ1v) is 6.12. The Balaban J connectivity index is 2.14. The van der Waals surface area contributed by atoms with Crippen LogP contribution in [0.4, 0.5) is 0 Å². The average molecular weight is 246 g/mol. The molecule has 96 valence electrons. The first-order valence-electron chi connectivity index (χ1n) is 6.12. The average Bonchev–Trinajstić information content (AvgIpc) is 2.39. The Morgan fingerprint density at radius 1 is 1.28 bits per heavy atom. The van der Waals surface area contributed by atoms with Crippen molar-refractivity contribution in [3.05, 3.63) is 30.2 Å². The first-order chi connectivity index (χ1) is 8.83. The SMILES string of the molecule is CCNC(COC)Cc1ccc2nccnc2n1. The molecule has 0 fully saturated rings. The lowest BCUT2D eigenvalue weighted by Gasteiger charge is -2.16. The normalized spacial score (nSPS) is 12.8. The van der Waals surface area contributed by atoms with Crippen LogP contribution in [-0.2, 0) is 11.2 Å². The molecule has 5 heteroatoms. The van der Waals surface area contributed by atoms with E-state index in [1.807, 2.05) is 12.1 Å². The molecule has 0 bridgehead atoms. The molecular weight excluding hydrogens is 228 g/mol. The number of rotatable bonds is 6. The Kier molecular flexibility index (Phi) is 4.55. The van der Waals surface area contributed by atoms with Crippen LogP contribution >= 0.6 is 0 Å². The van der Waals surface area contributed by atoms with Crippen LogP contribution in [0.15, 0.2) is 24.5 Å². The monoisotopic (exact) mass is 246 g/mol. The Morgan fingerprint density at radius 2 is 2.11 bits per heavy atom. The van der Waals surface area contributed by atoms with Gasteiger partial charge in [0.25, 0.3) is 0 Å². The van der Waals surface area contributed by atoms with Gasteiger partial charge in [-0.15, -0.1) is 0 Å². The molecule has 0 saturated carbocycles. The van der Waals surface area contributed by atoms with Crippen LogP contribution in [0, 0.1) is 0 Å². The van der Waals surface area contributed by atoms with Crippen molar-refractivity contribution in [2.24, 2.45) is 0 Å². The summed E-state index contributed by atoms with van der Waals surface area (Å²) in [6, 6.07) is 4.24. The lowest BCUT2D eigenvalue weighted by molar-refractivity contribution is 0.166. The molecule has 2 rings (SSSR count). The van der Waals surface area contributed by atoms with Crippen molar-refractivity contribution in [3.8, 4) is 0 Å². The van der Waals surface area contributed by atoms with Crippen LogP contribution < -0.4 is 5.32 Å². The fourth-order valence-corrected chi connectivity index (χ4v) is 1.94. The number of likely N-dealkylation sites (N-methyl/N-ethyl adjacent to an activating group) is 1. The number of ether oxygens (including phenoxy) is 1. The Morgan fingerprint density at radius 3 is 2.89 bits per heavy atom. The Hall–Kier alpha value is -1.59. The van der Waals surface area contributed by atoms with Gasteiger partial charge in [0, 0.05) is 37.7 Å². The van der Waals surface area contributed by atoms with E-state index in [1.54, 1.807) is 19.5 Å². The van der Waals surface area contributed by atoms with Gasteiger partial charge >= 0.3 is 0 Å². The predicted octanol–water partition coefficient (Wildman–Crippen LogP) is 1.19. The van der Waals surface area contributed by atoms with E-state index in [0.29, 0.717) is 12.3 Å². The van der Waals surface area contributed by atoms with Gasteiger partial charge in [-0.2, -0.15) is 0 Å². The number of aromatic nitrogens is 3. The number of hydrogen-bond donors (Lipinski definition) is 1. The number of fused-ring (bicyclic) bond motifs is 1. The van der Waals surface area contributed by atoms with Gasteiger partial charge in [0.05, 0.1) is 6.61 Å². The van der Waals surface area contributed by atoms with Crippen LogP contribution in [0.2, 0.25) is 0 Å².